The molecule has 1 saturated carbocycles. The van der Waals surface area contributed by atoms with Gasteiger partial charge in [0, 0.05) is 5.69 Å². The van der Waals surface area contributed by atoms with Crippen LogP contribution in [0.4, 0.5) is 5.69 Å². The largest absolute Gasteiger partial charge is 0.494 e. The Labute approximate surface area is 124 Å². The van der Waals surface area contributed by atoms with E-state index >= 15 is 0 Å². The Morgan fingerprint density at radius 2 is 1.95 bits per heavy atom. The molecule has 2 rings (SSSR count). The van der Waals surface area contributed by atoms with Gasteiger partial charge in [-0.1, -0.05) is 13.8 Å². The highest BCUT2D eigenvalue weighted by molar-refractivity contribution is 5.98. The number of aliphatic carboxylic acids is 1. The van der Waals surface area contributed by atoms with E-state index in [1.54, 1.807) is 24.3 Å². The highest BCUT2D eigenvalue weighted by Crippen LogP contribution is 2.39. The summed E-state index contributed by atoms with van der Waals surface area (Å²) in [5.74, 6) is -0.680. The quantitative estimate of drug-likeness (QED) is 0.810. The first kappa shape index (κ1) is 15.4. The molecule has 0 heterocycles. The minimum atomic E-state index is -0.899. The molecule has 1 aliphatic carbocycles. The molecule has 5 heteroatoms. The van der Waals surface area contributed by atoms with Crippen LogP contribution in [0.5, 0.6) is 5.75 Å². The average Bonchev–Trinajstić information content (AvgIpc) is 3.21. The van der Waals surface area contributed by atoms with Crippen LogP contribution in [0.2, 0.25) is 0 Å². The van der Waals surface area contributed by atoms with Crippen LogP contribution in [-0.4, -0.2) is 23.6 Å². The van der Waals surface area contributed by atoms with Crippen molar-refractivity contribution in [3.8, 4) is 5.75 Å². The van der Waals surface area contributed by atoms with Gasteiger partial charge in [-0.3, -0.25) is 9.59 Å². The second-order valence-electron chi connectivity index (χ2n) is 5.83. The fourth-order valence-corrected chi connectivity index (χ4v) is 2.04. The lowest BCUT2D eigenvalue weighted by molar-refractivity contribution is -0.139. The first-order chi connectivity index (χ1) is 9.97. The van der Waals surface area contributed by atoms with E-state index in [4.69, 9.17) is 9.84 Å². The molecule has 5 nitrogen and oxygen atoms in total. The summed E-state index contributed by atoms with van der Waals surface area (Å²) < 4.78 is 5.59. The Balaban J connectivity index is 1.80. The number of amides is 1. The lowest BCUT2D eigenvalue weighted by Gasteiger charge is -2.09. The van der Waals surface area contributed by atoms with Gasteiger partial charge in [0.25, 0.3) is 0 Å². The summed E-state index contributed by atoms with van der Waals surface area (Å²) in [6.45, 7) is 4.96. The van der Waals surface area contributed by atoms with Gasteiger partial charge < -0.3 is 15.2 Å². The maximum absolute atomic E-state index is 11.8. The van der Waals surface area contributed by atoms with Crippen LogP contribution < -0.4 is 10.1 Å². The topological polar surface area (TPSA) is 75.6 Å². The summed E-state index contributed by atoms with van der Waals surface area (Å²) in [6.07, 6.45) is 1.42. The molecule has 0 aliphatic heterocycles. The van der Waals surface area contributed by atoms with Crippen LogP contribution in [0, 0.1) is 17.8 Å². The van der Waals surface area contributed by atoms with E-state index in [1.165, 1.54) is 0 Å². The predicted octanol–water partition coefficient (Wildman–Crippen LogP) is 2.77. The number of anilines is 1. The van der Waals surface area contributed by atoms with E-state index in [1.807, 2.05) is 0 Å². The third-order valence-corrected chi connectivity index (χ3v) is 3.53. The van der Waals surface area contributed by atoms with Gasteiger partial charge in [-0.2, -0.15) is 0 Å². The summed E-state index contributed by atoms with van der Waals surface area (Å²) in [7, 11) is 0. The van der Waals surface area contributed by atoms with Gasteiger partial charge >= 0.3 is 5.97 Å². The minimum absolute atomic E-state index is 0.226. The van der Waals surface area contributed by atoms with Crippen molar-refractivity contribution in [2.24, 2.45) is 17.8 Å². The Morgan fingerprint density at radius 1 is 1.29 bits per heavy atom. The molecule has 0 spiro atoms. The van der Waals surface area contributed by atoms with Gasteiger partial charge in [0.2, 0.25) is 5.91 Å². The van der Waals surface area contributed by atoms with Crippen LogP contribution in [0.25, 0.3) is 0 Å². The second kappa shape index (κ2) is 6.61. The maximum atomic E-state index is 11.8. The third kappa shape index (κ3) is 4.48. The van der Waals surface area contributed by atoms with Crippen LogP contribution in [-0.2, 0) is 9.59 Å². The van der Waals surface area contributed by atoms with Gasteiger partial charge in [-0.25, -0.2) is 0 Å². The zero-order valence-corrected chi connectivity index (χ0v) is 12.3. The summed E-state index contributed by atoms with van der Waals surface area (Å²) in [6, 6.07) is 7.14. The molecule has 1 aliphatic rings. The van der Waals surface area contributed by atoms with Crippen LogP contribution >= 0.6 is 0 Å². The maximum Gasteiger partial charge on any atom is 0.307 e. The smallest absolute Gasteiger partial charge is 0.307 e. The molecule has 2 N–H and O–H groups in total. The van der Waals surface area contributed by atoms with Gasteiger partial charge in [-0.15, -0.1) is 0 Å². The van der Waals surface area contributed by atoms with E-state index in [9.17, 15) is 9.59 Å². The summed E-state index contributed by atoms with van der Waals surface area (Å²) >= 11 is 0. The first-order valence-electron chi connectivity index (χ1n) is 7.24. The van der Waals surface area contributed by atoms with Crippen LogP contribution in [0.1, 0.15) is 26.7 Å². The molecular formula is C16H21NO4. The van der Waals surface area contributed by atoms with E-state index in [2.05, 4.69) is 19.2 Å². The number of ether oxygens (including phenoxy) is 1. The molecule has 0 radical (unpaired) electrons. The number of carboxylic acid groups (broad SMARTS) is 1. The highest BCUT2D eigenvalue weighted by atomic mass is 16.5. The van der Waals surface area contributed by atoms with Gasteiger partial charge in [-0.05, 0) is 43.0 Å². The van der Waals surface area contributed by atoms with Crippen molar-refractivity contribution in [1.29, 1.82) is 0 Å². The van der Waals surface area contributed by atoms with E-state index in [0.717, 1.165) is 12.2 Å². The molecule has 0 saturated heterocycles. The Hall–Kier alpha value is -2.04. The number of carbonyl (C=O) groups excluding carboxylic acids is 1. The number of rotatable bonds is 7. The average molecular weight is 291 g/mol. The molecule has 2 atom stereocenters. The van der Waals surface area contributed by atoms with Crippen molar-refractivity contribution in [3.63, 3.8) is 0 Å². The summed E-state index contributed by atoms with van der Waals surface area (Å²) in [5.41, 5.74) is 0.659. The molecule has 0 aromatic heterocycles. The van der Waals surface area contributed by atoms with Crippen molar-refractivity contribution in [1.82, 2.24) is 0 Å². The highest BCUT2D eigenvalue weighted by Gasteiger charge is 2.48. The number of hydrogen-bond donors (Lipinski definition) is 2. The fourth-order valence-electron chi connectivity index (χ4n) is 2.04. The summed E-state index contributed by atoms with van der Waals surface area (Å²) in [4.78, 5) is 22.5. The normalized spacial score (nSPS) is 20.1. The molecule has 1 amide bonds. The molecular weight excluding hydrogens is 270 g/mol. The third-order valence-electron chi connectivity index (χ3n) is 3.53. The lowest BCUT2D eigenvalue weighted by Crippen LogP contribution is -2.16. The first-order valence-corrected chi connectivity index (χ1v) is 7.24. The van der Waals surface area contributed by atoms with Gasteiger partial charge in [0.15, 0.2) is 0 Å². The number of nitrogens with one attached hydrogen (secondary N) is 1. The molecule has 0 bridgehead atoms. The Kier molecular flexibility index (Phi) is 4.83. The molecule has 1 aromatic carbocycles. The minimum Gasteiger partial charge on any atom is -0.494 e. The SMILES string of the molecule is CC(C)CCOc1ccc(NC(=O)C2CC2C(=O)O)cc1. The number of hydrogen-bond acceptors (Lipinski definition) is 3. The summed E-state index contributed by atoms with van der Waals surface area (Å²) in [5, 5.41) is 11.5. The van der Waals surface area contributed by atoms with Gasteiger partial charge in [0.05, 0.1) is 18.4 Å². The molecule has 114 valence electrons. The standard InChI is InChI=1S/C16H21NO4/c1-10(2)7-8-21-12-5-3-11(4-6-12)17-15(18)13-9-14(13)16(19)20/h3-6,10,13-14H,7-9H2,1-2H3,(H,17,18)(H,19,20). The molecule has 1 fully saturated rings. The van der Waals surface area contributed by atoms with E-state index in [-0.39, 0.29) is 5.91 Å². The number of carbonyl (C=O) groups is 2. The number of carboxylic acids is 1. The monoisotopic (exact) mass is 291 g/mol. The zero-order chi connectivity index (χ0) is 15.4. The van der Waals surface area contributed by atoms with Crippen molar-refractivity contribution >= 4 is 17.6 Å². The molecule has 1 aromatic rings. The second-order valence-corrected chi connectivity index (χ2v) is 5.83. The predicted molar refractivity (Wildman–Crippen MR) is 79.3 cm³/mol. The zero-order valence-electron chi connectivity index (χ0n) is 12.3. The lowest BCUT2D eigenvalue weighted by atomic mass is 10.1. The van der Waals surface area contributed by atoms with Crippen molar-refractivity contribution < 1.29 is 19.4 Å². The Bertz CT molecular complexity index is 510. The van der Waals surface area contributed by atoms with Crippen LogP contribution in [0.3, 0.4) is 0 Å². The van der Waals surface area contributed by atoms with Crippen LogP contribution in [0.15, 0.2) is 24.3 Å². The molecule has 21 heavy (non-hydrogen) atoms. The van der Waals surface area contributed by atoms with E-state index in [0.29, 0.717) is 24.6 Å². The van der Waals surface area contributed by atoms with Crippen molar-refractivity contribution in [2.45, 2.75) is 26.7 Å². The number of benzene rings is 1. The van der Waals surface area contributed by atoms with Crippen molar-refractivity contribution in [3.05, 3.63) is 24.3 Å². The fraction of sp³-hybridized carbons (Fsp3) is 0.500. The van der Waals surface area contributed by atoms with E-state index < -0.39 is 17.8 Å². The Morgan fingerprint density at radius 3 is 2.48 bits per heavy atom. The molecule has 2 unspecified atom stereocenters. The van der Waals surface area contributed by atoms with Gasteiger partial charge in [0.1, 0.15) is 5.75 Å². The van der Waals surface area contributed by atoms with Crippen molar-refractivity contribution in [2.75, 3.05) is 11.9 Å².